The van der Waals surface area contributed by atoms with Crippen LogP contribution in [0.25, 0.3) is 0 Å². The zero-order valence-corrected chi connectivity index (χ0v) is 9.47. The lowest BCUT2D eigenvalue weighted by atomic mass is 10.1. The van der Waals surface area contributed by atoms with Gasteiger partial charge in [0, 0.05) is 6.07 Å². The van der Waals surface area contributed by atoms with Gasteiger partial charge in [0.05, 0.1) is 18.4 Å². The SMILES string of the molecule is COc1cc(C(O)c2c(F)cccc2F)ncn1. The van der Waals surface area contributed by atoms with Gasteiger partial charge in [0.15, 0.2) is 0 Å². The van der Waals surface area contributed by atoms with Crippen LogP contribution in [0.2, 0.25) is 0 Å². The van der Waals surface area contributed by atoms with Gasteiger partial charge in [-0.3, -0.25) is 0 Å². The van der Waals surface area contributed by atoms with Gasteiger partial charge in [-0.15, -0.1) is 0 Å². The van der Waals surface area contributed by atoms with Crippen molar-refractivity contribution in [1.29, 1.82) is 0 Å². The number of rotatable bonds is 3. The van der Waals surface area contributed by atoms with Crippen molar-refractivity contribution in [1.82, 2.24) is 9.97 Å². The van der Waals surface area contributed by atoms with Crippen LogP contribution in [0, 0.1) is 11.6 Å². The van der Waals surface area contributed by atoms with Crippen LogP contribution in [0.1, 0.15) is 17.4 Å². The molecule has 94 valence electrons. The Bertz CT molecular complexity index is 543. The first-order valence-corrected chi connectivity index (χ1v) is 5.11. The molecule has 0 amide bonds. The van der Waals surface area contributed by atoms with Crippen molar-refractivity contribution in [3.8, 4) is 5.88 Å². The van der Waals surface area contributed by atoms with Crippen LogP contribution in [0.15, 0.2) is 30.6 Å². The Morgan fingerprint density at radius 3 is 2.50 bits per heavy atom. The fourth-order valence-electron chi connectivity index (χ4n) is 1.53. The summed E-state index contributed by atoms with van der Waals surface area (Å²) in [6.07, 6.45) is -0.362. The number of ether oxygens (including phenoxy) is 1. The topological polar surface area (TPSA) is 55.2 Å². The number of aliphatic hydroxyl groups is 1. The second-order valence-corrected chi connectivity index (χ2v) is 3.52. The molecule has 6 heteroatoms. The molecule has 0 aliphatic heterocycles. The Kier molecular flexibility index (Phi) is 3.47. The van der Waals surface area contributed by atoms with Gasteiger partial charge < -0.3 is 9.84 Å². The zero-order valence-electron chi connectivity index (χ0n) is 9.47. The average Bonchev–Trinajstić information content (AvgIpc) is 2.38. The Hall–Kier alpha value is -2.08. The minimum atomic E-state index is -1.51. The quantitative estimate of drug-likeness (QED) is 0.905. The van der Waals surface area contributed by atoms with Crippen molar-refractivity contribution in [3.63, 3.8) is 0 Å². The second kappa shape index (κ2) is 5.05. The molecule has 0 bridgehead atoms. The molecule has 1 aromatic carbocycles. The average molecular weight is 252 g/mol. The molecule has 2 rings (SSSR count). The summed E-state index contributed by atoms with van der Waals surface area (Å²) in [5.74, 6) is -1.46. The highest BCUT2D eigenvalue weighted by atomic mass is 19.1. The molecule has 1 heterocycles. The van der Waals surface area contributed by atoms with E-state index in [0.717, 1.165) is 18.5 Å². The monoisotopic (exact) mass is 252 g/mol. The zero-order chi connectivity index (χ0) is 13.1. The molecule has 0 saturated heterocycles. The van der Waals surface area contributed by atoms with Crippen LogP contribution in [-0.4, -0.2) is 22.2 Å². The number of aromatic nitrogens is 2. The molecule has 1 atom stereocenters. The van der Waals surface area contributed by atoms with E-state index in [4.69, 9.17) is 4.74 Å². The van der Waals surface area contributed by atoms with Crippen molar-refractivity contribution in [2.24, 2.45) is 0 Å². The predicted molar refractivity (Wildman–Crippen MR) is 59.0 cm³/mol. The minimum Gasteiger partial charge on any atom is -0.481 e. The maximum atomic E-state index is 13.5. The van der Waals surface area contributed by atoms with Gasteiger partial charge >= 0.3 is 0 Å². The number of hydrogen-bond donors (Lipinski definition) is 1. The number of aliphatic hydroxyl groups excluding tert-OH is 1. The summed E-state index contributed by atoms with van der Waals surface area (Å²) < 4.78 is 31.8. The lowest BCUT2D eigenvalue weighted by molar-refractivity contribution is 0.203. The van der Waals surface area contributed by atoms with E-state index in [0.29, 0.717) is 0 Å². The third kappa shape index (κ3) is 2.28. The summed E-state index contributed by atoms with van der Waals surface area (Å²) in [5.41, 5.74) is -0.385. The summed E-state index contributed by atoms with van der Waals surface area (Å²) in [5, 5.41) is 9.95. The normalized spacial score (nSPS) is 12.2. The molecule has 0 aliphatic rings. The fraction of sp³-hybridized carbons (Fsp3) is 0.167. The summed E-state index contributed by atoms with van der Waals surface area (Å²) >= 11 is 0. The molecule has 0 aliphatic carbocycles. The molecule has 0 spiro atoms. The second-order valence-electron chi connectivity index (χ2n) is 3.52. The van der Waals surface area contributed by atoms with Crippen LogP contribution in [-0.2, 0) is 0 Å². The van der Waals surface area contributed by atoms with Crippen molar-refractivity contribution >= 4 is 0 Å². The van der Waals surface area contributed by atoms with Crippen LogP contribution in [0.3, 0.4) is 0 Å². The maximum absolute atomic E-state index is 13.5. The molecule has 0 saturated carbocycles. The van der Waals surface area contributed by atoms with Crippen molar-refractivity contribution in [2.75, 3.05) is 7.11 Å². The molecular formula is C12H10F2N2O2. The molecule has 4 nitrogen and oxygen atoms in total. The molecule has 18 heavy (non-hydrogen) atoms. The van der Waals surface area contributed by atoms with E-state index in [1.54, 1.807) is 0 Å². The molecule has 0 fully saturated rings. The smallest absolute Gasteiger partial charge is 0.216 e. The highest BCUT2D eigenvalue weighted by Gasteiger charge is 2.21. The van der Waals surface area contributed by atoms with E-state index >= 15 is 0 Å². The van der Waals surface area contributed by atoms with E-state index in [2.05, 4.69) is 9.97 Å². The van der Waals surface area contributed by atoms with Crippen LogP contribution >= 0.6 is 0 Å². The molecule has 0 radical (unpaired) electrons. The standard InChI is InChI=1S/C12H10F2N2O2/c1-18-10-5-9(15-6-16-10)12(17)11-7(13)3-2-4-8(11)14/h2-6,12,17H,1H3. The van der Waals surface area contributed by atoms with Crippen LogP contribution < -0.4 is 4.74 Å². The first-order valence-electron chi connectivity index (χ1n) is 5.11. The Morgan fingerprint density at radius 1 is 1.22 bits per heavy atom. The Balaban J connectivity index is 2.44. The van der Waals surface area contributed by atoms with E-state index < -0.39 is 23.3 Å². The van der Waals surface area contributed by atoms with E-state index in [9.17, 15) is 13.9 Å². The Morgan fingerprint density at radius 2 is 1.89 bits per heavy atom. The predicted octanol–water partition coefficient (Wildman–Crippen LogP) is 1.85. The van der Waals surface area contributed by atoms with Crippen LogP contribution in [0.4, 0.5) is 8.78 Å². The van der Waals surface area contributed by atoms with Gasteiger partial charge in [0.2, 0.25) is 5.88 Å². The van der Waals surface area contributed by atoms with Gasteiger partial charge in [0.25, 0.3) is 0 Å². The molecule has 2 aromatic rings. The van der Waals surface area contributed by atoms with E-state index in [1.165, 1.54) is 19.2 Å². The maximum Gasteiger partial charge on any atom is 0.216 e. The summed E-state index contributed by atoms with van der Waals surface area (Å²) in [7, 11) is 1.39. The van der Waals surface area contributed by atoms with Crippen molar-refractivity contribution in [2.45, 2.75) is 6.10 Å². The largest absolute Gasteiger partial charge is 0.481 e. The summed E-state index contributed by atoms with van der Waals surface area (Å²) in [4.78, 5) is 7.52. The molecule has 1 aromatic heterocycles. The number of nitrogens with zero attached hydrogens (tertiary/aromatic N) is 2. The lowest BCUT2D eigenvalue weighted by Gasteiger charge is -2.12. The number of benzene rings is 1. The summed E-state index contributed by atoms with van der Waals surface area (Å²) in [6.45, 7) is 0. The highest BCUT2D eigenvalue weighted by Crippen LogP contribution is 2.26. The lowest BCUT2D eigenvalue weighted by Crippen LogP contribution is -2.08. The van der Waals surface area contributed by atoms with E-state index in [1.807, 2.05) is 0 Å². The van der Waals surface area contributed by atoms with Gasteiger partial charge in [-0.05, 0) is 12.1 Å². The minimum absolute atomic E-state index is 0.0610. The van der Waals surface area contributed by atoms with Gasteiger partial charge in [-0.25, -0.2) is 18.7 Å². The number of methoxy groups -OCH3 is 1. The number of hydrogen-bond acceptors (Lipinski definition) is 4. The van der Waals surface area contributed by atoms with Gasteiger partial charge in [-0.2, -0.15) is 0 Å². The van der Waals surface area contributed by atoms with Crippen LogP contribution in [0.5, 0.6) is 5.88 Å². The van der Waals surface area contributed by atoms with Gasteiger partial charge in [0.1, 0.15) is 24.1 Å². The third-order valence-electron chi connectivity index (χ3n) is 2.43. The first kappa shape index (κ1) is 12.4. The Labute approximate surface area is 102 Å². The molecule has 1 N–H and O–H groups in total. The fourth-order valence-corrected chi connectivity index (χ4v) is 1.53. The third-order valence-corrected chi connectivity index (χ3v) is 2.43. The van der Waals surface area contributed by atoms with Crippen molar-refractivity contribution in [3.05, 3.63) is 53.5 Å². The highest BCUT2D eigenvalue weighted by molar-refractivity contribution is 5.29. The molecular weight excluding hydrogens is 242 g/mol. The summed E-state index contributed by atoms with van der Waals surface area (Å²) in [6, 6.07) is 4.68. The van der Waals surface area contributed by atoms with Gasteiger partial charge in [-0.1, -0.05) is 6.07 Å². The first-order chi connectivity index (χ1) is 8.63. The number of halogens is 2. The molecule has 1 unspecified atom stereocenters. The van der Waals surface area contributed by atoms with E-state index in [-0.39, 0.29) is 11.6 Å². The van der Waals surface area contributed by atoms with Crippen molar-refractivity contribution < 1.29 is 18.6 Å².